The lowest BCUT2D eigenvalue weighted by atomic mass is 9.93. The second-order valence-corrected chi connectivity index (χ2v) is 5.54. The molecule has 1 aromatic heterocycles. The highest BCUT2D eigenvalue weighted by molar-refractivity contribution is 7.14. The molecule has 1 aliphatic rings. The van der Waals surface area contributed by atoms with Crippen molar-refractivity contribution in [3.63, 3.8) is 0 Å². The van der Waals surface area contributed by atoms with E-state index >= 15 is 0 Å². The maximum atomic E-state index is 5.93. The normalized spacial score (nSPS) is 26.8. The quantitative estimate of drug-likeness (QED) is 0.877. The van der Waals surface area contributed by atoms with Crippen molar-refractivity contribution in [2.75, 3.05) is 18.0 Å². The van der Waals surface area contributed by atoms with Gasteiger partial charge in [0.25, 0.3) is 0 Å². The predicted octanol–water partition coefficient (Wildman–Crippen LogP) is 3.09. The number of hydrogen-bond acceptors (Lipinski definition) is 3. The second-order valence-electron chi connectivity index (χ2n) is 4.61. The van der Waals surface area contributed by atoms with Crippen LogP contribution in [0.3, 0.4) is 0 Å². The summed E-state index contributed by atoms with van der Waals surface area (Å²) >= 11 is 1.86. The Hall–Kier alpha value is -0.540. The minimum atomic E-state index is 0.645. The van der Waals surface area contributed by atoms with Gasteiger partial charge in [0, 0.05) is 12.6 Å². The highest BCUT2D eigenvalue weighted by Crippen LogP contribution is 2.31. The van der Waals surface area contributed by atoms with Gasteiger partial charge in [0.1, 0.15) is 0 Å². The molecule has 0 aromatic carbocycles. The minimum absolute atomic E-state index is 0.645. The summed E-state index contributed by atoms with van der Waals surface area (Å²) in [4.78, 5) is 2.59. The van der Waals surface area contributed by atoms with Crippen molar-refractivity contribution < 1.29 is 0 Å². The van der Waals surface area contributed by atoms with Crippen LogP contribution in [0.15, 0.2) is 17.5 Å². The molecule has 0 saturated carbocycles. The van der Waals surface area contributed by atoms with Crippen molar-refractivity contribution in [2.45, 2.75) is 38.6 Å². The van der Waals surface area contributed by atoms with Crippen molar-refractivity contribution in [1.82, 2.24) is 0 Å². The Bertz CT molecular complexity index is 297. The van der Waals surface area contributed by atoms with Crippen molar-refractivity contribution in [3.8, 4) is 0 Å². The molecule has 2 heterocycles. The van der Waals surface area contributed by atoms with Gasteiger partial charge in [0.2, 0.25) is 0 Å². The first-order valence-electron chi connectivity index (χ1n) is 6.37. The van der Waals surface area contributed by atoms with Crippen LogP contribution in [0.1, 0.15) is 32.6 Å². The molecule has 0 radical (unpaired) electrons. The third-order valence-corrected chi connectivity index (χ3v) is 4.58. The molecule has 0 aliphatic carbocycles. The Balaban J connectivity index is 2.19. The van der Waals surface area contributed by atoms with Crippen molar-refractivity contribution in [2.24, 2.45) is 11.7 Å². The molecule has 2 rings (SSSR count). The summed E-state index contributed by atoms with van der Waals surface area (Å²) in [6.45, 7) is 4.33. The SMILES string of the molecule is CC[C@@H]1[C@@H](CN)CCCCN1c1cccs1. The van der Waals surface area contributed by atoms with Gasteiger partial charge in [0.15, 0.2) is 0 Å². The van der Waals surface area contributed by atoms with E-state index in [9.17, 15) is 0 Å². The molecule has 0 amide bonds. The number of nitrogens with two attached hydrogens (primary N) is 1. The van der Waals surface area contributed by atoms with Crippen LogP contribution in [0.25, 0.3) is 0 Å². The maximum absolute atomic E-state index is 5.93. The molecule has 0 unspecified atom stereocenters. The van der Waals surface area contributed by atoms with E-state index in [1.165, 1.54) is 37.2 Å². The lowest BCUT2D eigenvalue weighted by Crippen LogP contribution is -2.41. The summed E-state index contributed by atoms with van der Waals surface area (Å²) in [7, 11) is 0. The Labute approximate surface area is 102 Å². The van der Waals surface area contributed by atoms with Gasteiger partial charge in [-0.15, -0.1) is 11.3 Å². The number of hydrogen-bond donors (Lipinski definition) is 1. The Kier molecular flexibility index (Phi) is 4.24. The Morgan fingerprint density at radius 1 is 1.50 bits per heavy atom. The van der Waals surface area contributed by atoms with Crippen molar-refractivity contribution >= 4 is 16.3 Å². The van der Waals surface area contributed by atoms with Crippen LogP contribution in [0.4, 0.5) is 5.00 Å². The molecule has 0 bridgehead atoms. The number of thiophene rings is 1. The standard InChI is InChI=1S/C13H22N2S/c1-2-12-11(10-14)6-3-4-8-15(12)13-7-5-9-16-13/h5,7,9,11-12H,2-4,6,8,10,14H2,1H3/t11-,12-/m1/s1. The zero-order chi connectivity index (χ0) is 11.4. The molecule has 1 aliphatic heterocycles. The molecule has 90 valence electrons. The van der Waals surface area contributed by atoms with E-state index in [1.54, 1.807) is 0 Å². The molecule has 2 atom stereocenters. The molecule has 16 heavy (non-hydrogen) atoms. The first-order chi connectivity index (χ1) is 7.86. The van der Waals surface area contributed by atoms with Crippen LogP contribution in [0.2, 0.25) is 0 Å². The van der Waals surface area contributed by atoms with E-state index in [0.717, 1.165) is 6.54 Å². The van der Waals surface area contributed by atoms with Gasteiger partial charge in [-0.1, -0.05) is 13.3 Å². The monoisotopic (exact) mass is 238 g/mol. The van der Waals surface area contributed by atoms with E-state index in [1.807, 2.05) is 11.3 Å². The molecule has 1 fully saturated rings. The molecular formula is C13H22N2S. The summed E-state index contributed by atoms with van der Waals surface area (Å²) in [5.41, 5.74) is 5.93. The smallest absolute Gasteiger partial charge is 0.0911 e. The van der Waals surface area contributed by atoms with Crippen LogP contribution in [0.5, 0.6) is 0 Å². The van der Waals surface area contributed by atoms with Gasteiger partial charge in [-0.05, 0) is 49.2 Å². The fraction of sp³-hybridized carbons (Fsp3) is 0.692. The zero-order valence-electron chi connectivity index (χ0n) is 10.1. The Morgan fingerprint density at radius 3 is 3.00 bits per heavy atom. The van der Waals surface area contributed by atoms with Gasteiger partial charge >= 0.3 is 0 Å². The molecule has 2 nitrogen and oxygen atoms in total. The maximum Gasteiger partial charge on any atom is 0.0911 e. The van der Waals surface area contributed by atoms with Crippen LogP contribution >= 0.6 is 11.3 Å². The van der Waals surface area contributed by atoms with Gasteiger partial charge in [0.05, 0.1) is 5.00 Å². The highest BCUT2D eigenvalue weighted by atomic mass is 32.1. The van der Waals surface area contributed by atoms with Gasteiger partial charge < -0.3 is 10.6 Å². The molecule has 0 spiro atoms. The van der Waals surface area contributed by atoms with Gasteiger partial charge in [-0.2, -0.15) is 0 Å². The largest absolute Gasteiger partial charge is 0.360 e. The average molecular weight is 238 g/mol. The van der Waals surface area contributed by atoms with Crippen LogP contribution < -0.4 is 10.6 Å². The van der Waals surface area contributed by atoms with E-state index < -0.39 is 0 Å². The molecular weight excluding hydrogens is 216 g/mol. The van der Waals surface area contributed by atoms with E-state index in [-0.39, 0.29) is 0 Å². The third-order valence-electron chi connectivity index (χ3n) is 3.68. The fourth-order valence-electron chi connectivity index (χ4n) is 2.84. The minimum Gasteiger partial charge on any atom is -0.360 e. The molecule has 1 aromatic rings. The van der Waals surface area contributed by atoms with E-state index in [2.05, 4.69) is 29.3 Å². The predicted molar refractivity (Wildman–Crippen MR) is 72.1 cm³/mol. The third kappa shape index (κ3) is 2.41. The van der Waals surface area contributed by atoms with Crippen LogP contribution in [0, 0.1) is 5.92 Å². The summed E-state index contributed by atoms with van der Waals surface area (Å²) in [6, 6.07) is 5.03. The van der Waals surface area contributed by atoms with Crippen molar-refractivity contribution in [3.05, 3.63) is 17.5 Å². The second kappa shape index (κ2) is 5.69. The Morgan fingerprint density at radius 2 is 2.38 bits per heavy atom. The van der Waals surface area contributed by atoms with Gasteiger partial charge in [-0.3, -0.25) is 0 Å². The summed E-state index contributed by atoms with van der Waals surface area (Å²) in [6.07, 6.45) is 5.15. The number of nitrogens with zero attached hydrogens (tertiary/aromatic N) is 1. The topological polar surface area (TPSA) is 29.3 Å². The lowest BCUT2D eigenvalue weighted by Gasteiger charge is -2.34. The van der Waals surface area contributed by atoms with Crippen LogP contribution in [-0.4, -0.2) is 19.1 Å². The number of rotatable bonds is 3. The number of anilines is 1. The molecule has 3 heteroatoms. The summed E-state index contributed by atoms with van der Waals surface area (Å²) in [5.74, 6) is 0.676. The van der Waals surface area contributed by atoms with Gasteiger partial charge in [-0.25, -0.2) is 0 Å². The van der Waals surface area contributed by atoms with E-state index in [4.69, 9.17) is 5.73 Å². The first kappa shape index (κ1) is 11.9. The fourth-order valence-corrected chi connectivity index (χ4v) is 3.65. The summed E-state index contributed by atoms with van der Waals surface area (Å²) in [5, 5.41) is 3.59. The summed E-state index contributed by atoms with van der Waals surface area (Å²) < 4.78 is 0. The molecule has 1 saturated heterocycles. The lowest BCUT2D eigenvalue weighted by molar-refractivity contribution is 0.393. The van der Waals surface area contributed by atoms with Crippen molar-refractivity contribution in [1.29, 1.82) is 0 Å². The zero-order valence-corrected chi connectivity index (χ0v) is 10.9. The van der Waals surface area contributed by atoms with Crippen LogP contribution in [-0.2, 0) is 0 Å². The highest BCUT2D eigenvalue weighted by Gasteiger charge is 2.27. The van der Waals surface area contributed by atoms with E-state index in [0.29, 0.717) is 12.0 Å². The molecule has 2 N–H and O–H groups in total. The average Bonchev–Trinajstić information content (AvgIpc) is 2.75. The first-order valence-corrected chi connectivity index (χ1v) is 7.25.